The van der Waals surface area contributed by atoms with Gasteiger partial charge >= 0.3 is 0 Å². The van der Waals surface area contributed by atoms with Crippen LogP contribution in [0.1, 0.15) is 40.5 Å². The summed E-state index contributed by atoms with van der Waals surface area (Å²) in [6.07, 6.45) is 4.00. The lowest BCUT2D eigenvalue weighted by molar-refractivity contribution is 0.0963. The van der Waals surface area contributed by atoms with Crippen LogP contribution in [0.3, 0.4) is 0 Å². The monoisotopic (exact) mass is 313 g/mol. The van der Waals surface area contributed by atoms with Crippen LogP contribution in [0.5, 0.6) is 0 Å². The lowest BCUT2D eigenvalue weighted by atomic mass is 9.95. The van der Waals surface area contributed by atoms with Gasteiger partial charge in [0.25, 0.3) is 5.91 Å². The number of aryl methyl sites for hydroxylation is 1. The number of benzene rings is 1. The van der Waals surface area contributed by atoms with Gasteiger partial charge in [0.1, 0.15) is 12.2 Å². The highest BCUT2D eigenvalue weighted by Crippen LogP contribution is 2.26. The van der Waals surface area contributed by atoms with E-state index in [2.05, 4.69) is 20.4 Å². The zero-order valence-corrected chi connectivity index (χ0v) is 13.7. The van der Waals surface area contributed by atoms with E-state index >= 15 is 0 Å². The maximum Gasteiger partial charge on any atom is 0.251 e. The van der Waals surface area contributed by atoms with Gasteiger partial charge in [0.05, 0.1) is 0 Å². The molecule has 0 bridgehead atoms. The summed E-state index contributed by atoms with van der Waals surface area (Å²) in [5, 5.41) is 10.9. The number of carbonyl (C=O) groups is 1. The molecule has 1 N–H and O–H groups in total. The first-order valence-electron chi connectivity index (χ1n) is 8.04. The summed E-state index contributed by atoms with van der Waals surface area (Å²) in [6.45, 7) is 3.06. The molecule has 1 aliphatic heterocycles. The Kier molecular flexibility index (Phi) is 4.71. The summed E-state index contributed by atoms with van der Waals surface area (Å²) < 4.78 is 2.03. The van der Waals surface area contributed by atoms with E-state index in [0.717, 1.165) is 38.3 Å². The number of hydrogen-bond donors (Lipinski definition) is 1. The van der Waals surface area contributed by atoms with Crippen LogP contribution in [-0.4, -0.2) is 45.7 Å². The smallest absolute Gasteiger partial charge is 0.251 e. The van der Waals surface area contributed by atoms with Crippen LogP contribution >= 0.6 is 0 Å². The van der Waals surface area contributed by atoms with E-state index in [0.29, 0.717) is 11.5 Å². The number of rotatable bonds is 4. The van der Waals surface area contributed by atoms with Gasteiger partial charge in [-0.3, -0.25) is 9.69 Å². The number of piperidine rings is 1. The van der Waals surface area contributed by atoms with Crippen molar-refractivity contribution in [2.45, 2.75) is 25.3 Å². The molecule has 0 aliphatic carbocycles. The van der Waals surface area contributed by atoms with Crippen molar-refractivity contribution in [2.75, 3.05) is 20.1 Å². The topological polar surface area (TPSA) is 63.1 Å². The Balaban J connectivity index is 1.54. The Labute approximate surface area is 136 Å². The van der Waals surface area contributed by atoms with E-state index in [9.17, 15) is 4.79 Å². The predicted octanol–water partition coefficient (Wildman–Crippen LogP) is 1.55. The third kappa shape index (κ3) is 3.59. The van der Waals surface area contributed by atoms with Gasteiger partial charge in [-0.1, -0.05) is 12.1 Å². The van der Waals surface area contributed by atoms with E-state index in [1.54, 1.807) is 13.4 Å². The average Bonchev–Trinajstić information content (AvgIpc) is 3.01. The number of hydrogen-bond acceptors (Lipinski definition) is 4. The maximum absolute atomic E-state index is 11.6. The highest BCUT2D eigenvalue weighted by atomic mass is 16.1. The van der Waals surface area contributed by atoms with Crippen molar-refractivity contribution in [3.63, 3.8) is 0 Å². The van der Waals surface area contributed by atoms with Crippen molar-refractivity contribution in [3.05, 3.63) is 47.5 Å². The summed E-state index contributed by atoms with van der Waals surface area (Å²) in [4.78, 5) is 14.0. The molecule has 6 nitrogen and oxygen atoms in total. The van der Waals surface area contributed by atoms with Gasteiger partial charge in [-0.25, -0.2) is 0 Å². The summed E-state index contributed by atoms with van der Waals surface area (Å²) in [7, 11) is 3.66. The maximum atomic E-state index is 11.6. The average molecular weight is 313 g/mol. The van der Waals surface area contributed by atoms with Crippen molar-refractivity contribution < 1.29 is 4.79 Å². The van der Waals surface area contributed by atoms with E-state index in [4.69, 9.17) is 0 Å². The predicted molar refractivity (Wildman–Crippen MR) is 88.1 cm³/mol. The third-order valence-electron chi connectivity index (χ3n) is 4.55. The van der Waals surface area contributed by atoms with E-state index in [1.807, 2.05) is 35.9 Å². The minimum atomic E-state index is -0.0407. The van der Waals surface area contributed by atoms with Crippen LogP contribution < -0.4 is 5.32 Å². The lowest BCUT2D eigenvalue weighted by Crippen LogP contribution is -2.33. The number of nitrogens with one attached hydrogen (secondary N) is 1. The molecule has 0 radical (unpaired) electrons. The van der Waals surface area contributed by atoms with Crippen LogP contribution in [0.4, 0.5) is 0 Å². The summed E-state index contributed by atoms with van der Waals surface area (Å²) >= 11 is 0. The number of likely N-dealkylation sites (tertiary alicyclic amines) is 1. The molecule has 23 heavy (non-hydrogen) atoms. The van der Waals surface area contributed by atoms with E-state index < -0.39 is 0 Å². The van der Waals surface area contributed by atoms with E-state index in [1.165, 1.54) is 5.56 Å². The van der Waals surface area contributed by atoms with Gasteiger partial charge < -0.3 is 9.88 Å². The molecule has 1 fully saturated rings. The molecular weight excluding hydrogens is 290 g/mol. The Morgan fingerprint density at radius 3 is 2.52 bits per heavy atom. The molecule has 1 aliphatic rings. The molecule has 3 rings (SSSR count). The molecule has 0 saturated carbocycles. The minimum absolute atomic E-state index is 0.0407. The molecule has 0 unspecified atom stereocenters. The third-order valence-corrected chi connectivity index (χ3v) is 4.55. The van der Waals surface area contributed by atoms with Crippen molar-refractivity contribution in [1.29, 1.82) is 0 Å². The fourth-order valence-electron chi connectivity index (χ4n) is 3.18. The zero-order valence-electron chi connectivity index (χ0n) is 13.7. The fourth-order valence-corrected chi connectivity index (χ4v) is 3.18. The zero-order chi connectivity index (χ0) is 16.2. The summed E-state index contributed by atoms with van der Waals surface area (Å²) in [6, 6.07) is 7.86. The largest absolute Gasteiger partial charge is 0.355 e. The fraction of sp³-hybridized carbons (Fsp3) is 0.471. The van der Waals surface area contributed by atoms with Crippen molar-refractivity contribution in [1.82, 2.24) is 25.0 Å². The molecule has 1 saturated heterocycles. The second-order valence-electron chi connectivity index (χ2n) is 6.13. The second-order valence-corrected chi connectivity index (χ2v) is 6.13. The second kappa shape index (κ2) is 6.91. The number of carbonyl (C=O) groups excluding carboxylic acids is 1. The van der Waals surface area contributed by atoms with Gasteiger partial charge in [-0.2, -0.15) is 0 Å². The number of aromatic nitrogens is 3. The molecule has 2 heterocycles. The van der Waals surface area contributed by atoms with Crippen molar-refractivity contribution in [2.24, 2.45) is 7.05 Å². The van der Waals surface area contributed by atoms with Gasteiger partial charge in [0.15, 0.2) is 0 Å². The minimum Gasteiger partial charge on any atom is -0.355 e. The van der Waals surface area contributed by atoms with Crippen LogP contribution in [0.15, 0.2) is 30.6 Å². The lowest BCUT2D eigenvalue weighted by Gasteiger charge is -2.31. The number of amides is 1. The van der Waals surface area contributed by atoms with Crippen molar-refractivity contribution in [3.8, 4) is 0 Å². The van der Waals surface area contributed by atoms with Crippen LogP contribution in [0, 0.1) is 0 Å². The molecule has 1 aromatic carbocycles. The first-order valence-corrected chi connectivity index (χ1v) is 8.04. The quantitative estimate of drug-likeness (QED) is 0.930. The standard InChI is InChI=1S/C17H23N5O/c1-18-17(23)15-5-3-13(4-6-15)11-22-9-7-14(8-10-22)16-20-19-12-21(16)2/h3-6,12,14H,7-11H2,1-2H3,(H,18,23). The number of nitrogens with zero attached hydrogens (tertiary/aromatic N) is 4. The van der Waals surface area contributed by atoms with Crippen LogP contribution in [-0.2, 0) is 13.6 Å². The van der Waals surface area contributed by atoms with Crippen LogP contribution in [0.2, 0.25) is 0 Å². The Morgan fingerprint density at radius 2 is 1.96 bits per heavy atom. The highest BCUT2D eigenvalue weighted by molar-refractivity contribution is 5.93. The first-order chi connectivity index (χ1) is 11.2. The van der Waals surface area contributed by atoms with Gasteiger partial charge in [-0.15, -0.1) is 10.2 Å². The summed E-state index contributed by atoms with van der Waals surface area (Å²) in [5.74, 6) is 1.56. The molecule has 1 amide bonds. The molecule has 6 heteroatoms. The molecule has 2 aromatic rings. The molecule has 1 aromatic heterocycles. The molecule has 0 spiro atoms. The highest BCUT2D eigenvalue weighted by Gasteiger charge is 2.23. The van der Waals surface area contributed by atoms with Gasteiger partial charge in [0.2, 0.25) is 0 Å². The van der Waals surface area contributed by atoms with Gasteiger partial charge in [0, 0.05) is 32.1 Å². The normalized spacial score (nSPS) is 16.4. The first kappa shape index (κ1) is 15.7. The Hall–Kier alpha value is -2.21. The molecule has 122 valence electrons. The summed E-state index contributed by atoms with van der Waals surface area (Å²) in [5.41, 5.74) is 1.95. The van der Waals surface area contributed by atoms with Crippen molar-refractivity contribution >= 4 is 5.91 Å². The SMILES string of the molecule is CNC(=O)c1ccc(CN2CCC(c3nncn3C)CC2)cc1. The van der Waals surface area contributed by atoms with Gasteiger partial charge in [-0.05, 0) is 43.6 Å². The molecule has 0 atom stereocenters. The Bertz CT molecular complexity index is 656. The molecular formula is C17H23N5O. The van der Waals surface area contributed by atoms with Crippen LogP contribution in [0.25, 0.3) is 0 Å². The van der Waals surface area contributed by atoms with E-state index in [-0.39, 0.29) is 5.91 Å². The Morgan fingerprint density at radius 1 is 1.26 bits per heavy atom.